The molecule has 0 spiro atoms. The Bertz CT molecular complexity index is 655. The molecule has 1 saturated heterocycles. The average Bonchev–Trinajstić information content (AvgIpc) is 3.38. The van der Waals surface area contributed by atoms with E-state index in [1.807, 2.05) is 0 Å². The molecule has 1 aliphatic heterocycles. The number of aromatic nitrogens is 3. The van der Waals surface area contributed by atoms with Crippen molar-refractivity contribution in [1.82, 2.24) is 20.1 Å². The van der Waals surface area contributed by atoms with Gasteiger partial charge in [0.25, 0.3) is 0 Å². The van der Waals surface area contributed by atoms with Crippen LogP contribution in [-0.2, 0) is 4.79 Å². The summed E-state index contributed by atoms with van der Waals surface area (Å²) >= 11 is 0. The molecular weight excluding hydrogens is 326 g/mol. The summed E-state index contributed by atoms with van der Waals surface area (Å²) in [4.78, 5) is 20.1. The van der Waals surface area contributed by atoms with Crippen molar-refractivity contribution in [3.8, 4) is 0 Å². The Morgan fingerprint density at radius 2 is 1.81 bits per heavy atom. The lowest BCUT2D eigenvalue weighted by atomic mass is 9.65. The topological polar surface area (TPSA) is 87.9 Å². The maximum Gasteiger partial charge on any atom is 0.225 e. The Labute approximate surface area is 155 Å². The predicted molar refractivity (Wildman–Crippen MR) is 98.4 cm³/mol. The van der Waals surface area contributed by atoms with Crippen LogP contribution in [0.15, 0.2) is 0 Å². The summed E-state index contributed by atoms with van der Waals surface area (Å²) in [5, 5.41) is 7.60. The van der Waals surface area contributed by atoms with E-state index in [4.69, 9.17) is 10.7 Å². The van der Waals surface area contributed by atoms with Crippen molar-refractivity contribution in [2.24, 2.45) is 23.5 Å². The molecule has 0 radical (unpaired) electrons. The van der Waals surface area contributed by atoms with Gasteiger partial charge in [0.15, 0.2) is 5.82 Å². The molecule has 2 bridgehead atoms. The van der Waals surface area contributed by atoms with E-state index in [1.165, 1.54) is 32.1 Å². The maximum atomic E-state index is 13.2. The van der Waals surface area contributed by atoms with Gasteiger partial charge in [-0.1, -0.05) is 6.42 Å². The van der Waals surface area contributed by atoms with Gasteiger partial charge in [0.05, 0.1) is 0 Å². The van der Waals surface area contributed by atoms with Crippen molar-refractivity contribution in [3.05, 3.63) is 11.6 Å². The van der Waals surface area contributed by atoms with Crippen LogP contribution in [0.1, 0.15) is 81.3 Å². The van der Waals surface area contributed by atoms with Crippen molar-refractivity contribution in [2.75, 3.05) is 13.1 Å². The van der Waals surface area contributed by atoms with Crippen LogP contribution in [0.2, 0.25) is 0 Å². The van der Waals surface area contributed by atoms with Crippen LogP contribution in [0, 0.1) is 17.8 Å². The van der Waals surface area contributed by atoms with Gasteiger partial charge < -0.3 is 10.6 Å². The number of H-pyrrole nitrogens is 1. The van der Waals surface area contributed by atoms with Crippen LogP contribution in [0.25, 0.3) is 0 Å². The lowest BCUT2D eigenvalue weighted by Gasteiger charge is -2.45. The number of fused-ring (bicyclic) bond motifs is 2. The van der Waals surface area contributed by atoms with Gasteiger partial charge in [-0.2, -0.15) is 5.10 Å². The second-order valence-electron chi connectivity index (χ2n) is 9.17. The molecule has 6 heteroatoms. The maximum absolute atomic E-state index is 13.2. The molecule has 4 fully saturated rings. The molecule has 3 N–H and O–H groups in total. The van der Waals surface area contributed by atoms with Gasteiger partial charge in [0.2, 0.25) is 5.91 Å². The van der Waals surface area contributed by atoms with E-state index < -0.39 is 0 Å². The zero-order valence-corrected chi connectivity index (χ0v) is 15.6. The highest BCUT2D eigenvalue weighted by Gasteiger charge is 2.42. The summed E-state index contributed by atoms with van der Waals surface area (Å²) in [7, 11) is 0. The first kappa shape index (κ1) is 16.7. The third-order valence-electron chi connectivity index (χ3n) is 7.34. The third-order valence-corrected chi connectivity index (χ3v) is 7.34. The molecular formula is C20H31N5O. The molecule has 6 nitrogen and oxygen atoms in total. The summed E-state index contributed by atoms with van der Waals surface area (Å²) in [6.45, 7) is 1.69. The van der Waals surface area contributed by atoms with Gasteiger partial charge in [-0.25, -0.2) is 4.98 Å². The van der Waals surface area contributed by atoms with Crippen molar-refractivity contribution >= 4 is 5.91 Å². The van der Waals surface area contributed by atoms with Gasteiger partial charge in [-0.05, 0) is 63.2 Å². The van der Waals surface area contributed by atoms with E-state index in [-0.39, 0.29) is 5.92 Å². The predicted octanol–water partition coefficient (Wildman–Crippen LogP) is 2.54. The van der Waals surface area contributed by atoms with E-state index in [9.17, 15) is 4.79 Å². The Balaban J connectivity index is 1.25. The zero-order valence-electron chi connectivity index (χ0n) is 15.6. The normalized spacial score (nSPS) is 37.6. The zero-order chi connectivity index (χ0) is 17.7. The Hall–Kier alpha value is -1.43. The summed E-state index contributed by atoms with van der Waals surface area (Å²) < 4.78 is 0. The number of likely N-dealkylation sites (tertiary alicyclic amines) is 1. The molecule has 2 heterocycles. The number of nitrogens with two attached hydrogens (primary N) is 1. The fraction of sp³-hybridized carbons (Fsp3) is 0.850. The SMILES string of the molecule is NC1C2CCCC1CC(C(=O)N1CCCC(c3n[nH]c(C4CC4)n3)C1)C2. The lowest BCUT2D eigenvalue weighted by molar-refractivity contribution is -0.139. The van der Waals surface area contributed by atoms with Crippen LogP contribution in [0.4, 0.5) is 0 Å². The molecule has 3 unspecified atom stereocenters. The van der Waals surface area contributed by atoms with Crippen LogP contribution in [0.3, 0.4) is 0 Å². The summed E-state index contributed by atoms with van der Waals surface area (Å²) in [6, 6.07) is 0.330. The molecule has 3 saturated carbocycles. The minimum Gasteiger partial charge on any atom is -0.342 e. The van der Waals surface area contributed by atoms with E-state index in [0.717, 1.165) is 50.4 Å². The first-order valence-electron chi connectivity index (χ1n) is 10.7. The molecule has 5 rings (SSSR count). The fourth-order valence-corrected chi connectivity index (χ4v) is 5.65. The third kappa shape index (κ3) is 3.06. The van der Waals surface area contributed by atoms with Crippen molar-refractivity contribution in [2.45, 2.75) is 75.7 Å². The quantitative estimate of drug-likeness (QED) is 0.870. The van der Waals surface area contributed by atoms with Crippen LogP contribution < -0.4 is 5.73 Å². The summed E-state index contributed by atoms with van der Waals surface area (Å²) in [5.74, 6) is 4.56. The monoisotopic (exact) mass is 357 g/mol. The first-order valence-corrected chi connectivity index (χ1v) is 10.7. The summed E-state index contributed by atoms with van der Waals surface area (Å²) in [5.41, 5.74) is 6.41. The number of aromatic amines is 1. The molecule has 0 aromatic carbocycles. The van der Waals surface area contributed by atoms with Crippen LogP contribution in [0.5, 0.6) is 0 Å². The van der Waals surface area contributed by atoms with Crippen molar-refractivity contribution in [3.63, 3.8) is 0 Å². The second-order valence-corrected chi connectivity index (χ2v) is 9.17. The molecule has 3 atom stereocenters. The number of carbonyl (C=O) groups is 1. The summed E-state index contributed by atoms with van der Waals surface area (Å²) in [6.07, 6.45) is 10.3. The molecule has 142 valence electrons. The van der Waals surface area contributed by atoms with E-state index in [0.29, 0.717) is 35.6 Å². The van der Waals surface area contributed by atoms with Gasteiger partial charge in [-0.3, -0.25) is 9.89 Å². The highest BCUT2D eigenvalue weighted by molar-refractivity contribution is 5.79. The molecule has 1 aromatic rings. The average molecular weight is 358 g/mol. The minimum atomic E-state index is 0.193. The van der Waals surface area contributed by atoms with Gasteiger partial charge in [0, 0.05) is 36.9 Å². The molecule has 1 amide bonds. The Morgan fingerprint density at radius 3 is 2.54 bits per heavy atom. The number of carbonyl (C=O) groups excluding carboxylic acids is 1. The Kier molecular flexibility index (Phi) is 4.26. The lowest BCUT2D eigenvalue weighted by Crippen LogP contribution is -2.51. The molecule has 1 aromatic heterocycles. The minimum absolute atomic E-state index is 0.193. The van der Waals surface area contributed by atoms with Gasteiger partial charge in [0.1, 0.15) is 5.82 Å². The van der Waals surface area contributed by atoms with E-state index >= 15 is 0 Å². The number of amides is 1. The number of rotatable bonds is 3. The van der Waals surface area contributed by atoms with Crippen LogP contribution >= 0.6 is 0 Å². The number of piperidine rings is 1. The van der Waals surface area contributed by atoms with Gasteiger partial charge >= 0.3 is 0 Å². The Morgan fingerprint density at radius 1 is 1.04 bits per heavy atom. The molecule has 26 heavy (non-hydrogen) atoms. The standard InChI is InChI=1S/C20H31N5O/c21-17-13-3-1-4-14(17)10-16(9-13)20(26)25-8-2-5-15(11-25)19-22-18(23-24-19)12-6-7-12/h12-17H,1-11,21H2,(H,22,23,24). The van der Waals surface area contributed by atoms with Crippen molar-refractivity contribution < 1.29 is 4.79 Å². The largest absolute Gasteiger partial charge is 0.342 e. The highest BCUT2D eigenvalue weighted by Crippen LogP contribution is 2.43. The number of nitrogens with zero attached hydrogens (tertiary/aromatic N) is 3. The van der Waals surface area contributed by atoms with E-state index in [2.05, 4.69) is 15.1 Å². The van der Waals surface area contributed by atoms with E-state index in [1.54, 1.807) is 0 Å². The number of hydrogen-bond donors (Lipinski definition) is 2. The number of nitrogens with one attached hydrogen (secondary N) is 1. The second kappa shape index (κ2) is 6.63. The number of hydrogen-bond acceptors (Lipinski definition) is 4. The molecule has 4 aliphatic rings. The highest BCUT2D eigenvalue weighted by atomic mass is 16.2. The van der Waals surface area contributed by atoms with Gasteiger partial charge in [-0.15, -0.1) is 0 Å². The van der Waals surface area contributed by atoms with Crippen LogP contribution in [-0.4, -0.2) is 45.1 Å². The van der Waals surface area contributed by atoms with Crippen molar-refractivity contribution in [1.29, 1.82) is 0 Å². The fourth-order valence-electron chi connectivity index (χ4n) is 5.65. The smallest absolute Gasteiger partial charge is 0.225 e. The first-order chi connectivity index (χ1) is 12.7. The molecule has 3 aliphatic carbocycles.